The molecule has 2 rings (SSSR count). The summed E-state index contributed by atoms with van der Waals surface area (Å²) in [5.74, 6) is -1.49. The zero-order valence-corrected chi connectivity index (χ0v) is 15.4. The molecule has 24 heavy (non-hydrogen) atoms. The van der Waals surface area contributed by atoms with Crippen molar-refractivity contribution in [1.82, 2.24) is 4.98 Å². The van der Waals surface area contributed by atoms with Gasteiger partial charge in [-0.15, -0.1) is 11.3 Å². The second-order valence-corrected chi connectivity index (χ2v) is 6.87. The minimum atomic E-state index is -0.939. The highest BCUT2D eigenvalue weighted by molar-refractivity contribution is 7.80. The number of aliphatic carboxylic acids is 1. The number of carbonyl (C=O) groups is 1. The van der Waals surface area contributed by atoms with E-state index in [9.17, 15) is 9.90 Å². The lowest BCUT2D eigenvalue weighted by atomic mass is 10.1. The Labute approximate surface area is 150 Å². The molecule has 2 aromatic rings. The molecule has 130 valence electrons. The summed E-state index contributed by atoms with van der Waals surface area (Å²) in [6.07, 6.45) is -0.147. The lowest BCUT2D eigenvalue weighted by molar-refractivity contribution is -0.137. The summed E-state index contributed by atoms with van der Waals surface area (Å²) in [6.45, 7) is 0.688. The maximum atomic E-state index is 11.2. The van der Waals surface area contributed by atoms with Crippen LogP contribution in [0.15, 0.2) is 18.2 Å². The Morgan fingerprint density at radius 3 is 2.79 bits per heavy atom. The molecular weight excluding hydrogens is 348 g/mol. The number of carboxylic acids is 1. The van der Waals surface area contributed by atoms with Crippen LogP contribution in [-0.4, -0.2) is 55.5 Å². The minimum Gasteiger partial charge on any atom is -0.484 e. The second-order valence-electron chi connectivity index (χ2n) is 5.41. The number of hydrogen-bond acceptors (Lipinski definition) is 7. The molecule has 1 unspecified atom stereocenters. The number of hydrogen-bond donors (Lipinski definition) is 1. The Bertz CT molecular complexity index is 730. The van der Waals surface area contributed by atoms with Crippen LogP contribution < -0.4 is 4.90 Å². The van der Waals surface area contributed by atoms with Crippen LogP contribution in [0.3, 0.4) is 0 Å². The van der Waals surface area contributed by atoms with E-state index in [0.717, 1.165) is 15.9 Å². The van der Waals surface area contributed by atoms with Gasteiger partial charge >= 0.3 is 5.97 Å². The van der Waals surface area contributed by atoms with Crippen LogP contribution in [0.4, 0.5) is 5.69 Å². The van der Waals surface area contributed by atoms with Gasteiger partial charge in [0.1, 0.15) is 11.6 Å². The molecule has 0 aliphatic rings. The van der Waals surface area contributed by atoms with Gasteiger partial charge in [-0.05, 0) is 30.4 Å². The lowest BCUT2D eigenvalue weighted by Gasteiger charge is -2.14. The third-order valence-electron chi connectivity index (χ3n) is 3.40. The monoisotopic (exact) mass is 368 g/mol. The molecule has 0 aliphatic carbocycles. The fourth-order valence-corrected chi connectivity index (χ4v) is 3.53. The maximum Gasteiger partial charge on any atom is 0.304 e. The number of aromatic nitrogens is 1. The quantitative estimate of drug-likeness (QED) is 0.567. The summed E-state index contributed by atoms with van der Waals surface area (Å²) in [7, 11) is 5.48. The minimum absolute atomic E-state index is 0.147. The molecule has 0 bridgehead atoms. The Hall–Kier alpha value is -1.77. The van der Waals surface area contributed by atoms with Gasteiger partial charge in [-0.1, -0.05) is 0 Å². The van der Waals surface area contributed by atoms with E-state index in [1.165, 1.54) is 11.3 Å². The van der Waals surface area contributed by atoms with Crippen LogP contribution in [0.1, 0.15) is 17.3 Å². The molecule has 0 aliphatic heterocycles. The van der Waals surface area contributed by atoms with Crippen molar-refractivity contribution in [2.75, 3.05) is 39.3 Å². The van der Waals surface area contributed by atoms with Crippen LogP contribution in [0.2, 0.25) is 0 Å². The fraction of sp³-hybridized carbons (Fsp3) is 0.438. The second kappa shape index (κ2) is 8.36. The largest absolute Gasteiger partial charge is 0.484 e. The predicted octanol–water partition coefficient (Wildman–Crippen LogP) is 2.91. The van der Waals surface area contributed by atoms with E-state index in [1.807, 2.05) is 37.2 Å². The molecule has 0 saturated heterocycles. The first-order valence-electron chi connectivity index (χ1n) is 7.37. The highest BCUT2D eigenvalue weighted by Crippen LogP contribution is 2.32. The zero-order valence-electron chi connectivity index (χ0n) is 13.8. The third-order valence-corrected chi connectivity index (χ3v) is 4.95. The molecule has 8 heteroatoms. The number of benzene rings is 1. The van der Waals surface area contributed by atoms with Crippen LogP contribution in [0.5, 0.6) is 0 Å². The predicted molar refractivity (Wildman–Crippen MR) is 99.4 cm³/mol. The fourth-order valence-electron chi connectivity index (χ4n) is 2.13. The molecule has 0 fully saturated rings. The van der Waals surface area contributed by atoms with Crippen molar-refractivity contribution in [2.24, 2.45) is 0 Å². The van der Waals surface area contributed by atoms with Crippen molar-refractivity contribution in [2.45, 2.75) is 12.3 Å². The van der Waals surface area contributed by atoms with Gasteiger partial charge in [0.15, 0.2) is 5.05 Å². The van der Waals surface area contributed by atoms with Gasteiger partial charge < -0.3 is 19.5 Å². The number of thiazole rings is 1. The van der Waals surface area contributed by atoms with Gasteiger partial charge in [0.2, 0.25) is 0 Å². The number of thiocarbonyl (C=S) groups is 1. The average Bonchev–Trinajstić information content (AvgIpc) is 2.95. The Kier molecular flexibility index (Phi) is 6.47. The number of carboxylic acid groups (broad SMARTS) is 1. The van der Waals surface area contributed by atoms with Crippen molar-refractivity contribution in [1.29, 1.82) is 0 Å². The number of nitrogens with zero attached hydrogens (tertiary/aromatic N) is 2. The lowest BCUT2D eigenvalue weighted by Crippen LogP contribution is -2.19. The first-order valence-corrected chi connectivity index (χ1v) is 8.60. The highest BCUT2D eigenvalue weighted by atomic mass is 32.1. The molecule has 1 aromatic heterocycles. The van der Waals surface area contributed by atoms with E-state index in [2.05, 4.69) is 4.98 Å². The maximum absolute atomic E-state index is 11.2. The summed E-state index contributed by atoms with van der Waals surface area (Å²) in [5.41, 5.74) is 1.87. The molecule has 6 nitrogen and oxygen atoms in total. The first kappa shape index (κ1) is 18.6. The summed E-state index contributed by atoms with van der Waals surface area (Å²) in [4.78, 5) is 17.8. The van der Waals surface area contributed by atoms with Crippen LogP contribution in [0, 0.1) is 0 Å². The van der Waals surface area contributed by atoms with Crippen molar-refractivity contribution >= 4 is 50.5 Å². The van der Waals surface area contributed by atoms with Crippen molar-refractivity contribution in [3.63, 3.8) is 0 Å². The molecular formula is C16H20N2O4S2. The van der Waals surface area contributed by atoms with Crippen molar-refractivity contribution < 1.29 is 19.4 Å². The van der Waals surface area contributed by atoms with E-state index in [1.54, 1.807) is 7.11 Å². The molecule has 1 aromatic carbocycles. The van der Waals surface area contributed by atoms with E-state index in [-0.39, 0.29) is 11.5 Å². The number of anilines is 1. The first-order chi connectivity index (χ1) is 11.4. The molecule has 0 saturated carbocycles. The van der Waals surface area contributed by atoms with Gasteiger partial charge in [-0.3, -0.25) is 4.79 Å². The average molecular weight is 368 g/mol. The topological polar surface area (TPSA) is 71.9 Å². The van der Waals surface area contributed by atoms with E-state index >= 15 is 0 Å². The van der Waals surface area contributed by atoms with Crippen LogP contribution in [-0.2, 0) is 14.3 Å². The number of ether oxygens (including phenoxy) is 2. The SMILES string of the molecule is COCCOC(=S)C(CC(=O)O)c1nc2cc(N(C)C)ccc2s1. The van der Waals surface area contributed by atoms with Gasteiger partial charge in [-0.25, -0.2) is 4.98 Å². The Morgan fingerprint density at radius 1 is 1.42 bits per heavy atom. The Morgan fingerprint density at radius 2 is 2.17 bits per heavy atom. The summed E-state index contributed by atoms with van der Waals surface area (Å²) >= 11 is 6.72. The highest BCUT2D eigenvalue weighted by Gasteiger charge is 2.25. The summed E-state index contributed by atoms with van der Waals surface area (Å²) in [5, 5.41) is 10.1. The molecule has 1 atom stereocenters. The van der Waals surface area contributed by atoms with Crippen LogP contribution >= 0.6 is 23.6 Å². The normalized spacial score (nSPS) is 12.1. The van der Waals surface area contributed by atoms with E-state index in [0.29, 0.717) is 18.2 Å². The standard InChI is InChI=1S/C16H20N2O4S2/c1-18(2)10-4-5-13-12(8-10)17-15(24-13)11(9-14(19)20)16(23)22-7-6-21-3/h4-5,8,11H,6-7,9H2,1-3H3,(H,19,20). The summed E-state index contributed by atoms with van der Waals surface area (Å²) < 4.78 is 11.4. The molecule has 1 heterocycles. The van der Waals surface area contributed by atoms with Crippen molar-refractivity contribution in [3.8, 4) is 0 Å². The van der Waals surface area contributed by atoms with E-state index < -0.39 is 11.9 Å². The molecule has 0 amide bonds. The number of fused-ring (bicyclic) bond motifs is 1. The van der Waals surface area contributed by atoms with Gasteiger partial charge in [0.05, 0.1) is 29.2 Å². The van der Waals surface area contributed by atoms with E-state index in [4.69, 9.17) is 21.7 Å². The van der Waals surface area contributed by atoms with Crippen molar-refractivity contribution in [3.05, 3.63) is 23.2 Å². The molecule has 0 spiro atoms. The van der Waals surface area contributed by atoms with Gasteiger partial charge in [0, 0.05) is 26.9 Å². The van der Waals surface area contributed by atoms with Gasteiger partial charge in [-0.2, -0.15) is 0 Å². The smallest absolute Gasteiger partial charge is 0.304 e. The number of rotatable bonds is 8. The third kappa shape index (κ3) is 4.62. The van der Waals surface area contributed by atoms with Crippen LogP contribution in [0.25, 0.3) is 10.2 Å². The van der Waals surface area contributed by atoms with Gasteiger partial charge in [0.25, 0.3) is 0 Å². The summed E-state index contributed by atoms with van der Waals surface area (Å²) in [6, 6.07) is 5.96. The Balaban J connectivity index is 2.29. The number of methoxy groups -OCH3 is 1. The zero-order chi connectivity index (χ0) is 17.7. The molecule has 0 radical (unpaired) electrons. The molecule has 1 N–H and O–H groups in total.